The van der Waals surface area contributed by atoms with Gasteiger partial charge in [-0.1, -0.05) is 0 Å². The predicted molar refractivity (Wildman–Crippen MR) is 41.2 cm³/mol. The maximum absolute atomic E-state index is 11.2. The molecule has 0 aliphatic carbocycles. The fraction of sp³-hybridized carbons (Fsp3) is 0.625. The van der Waals surface area contributed by atoms with Gasteiger partial charge in [-0.05, 0) is 6.92 Å². The third-order valence-electron chi connectivity index (χ3n) is 2.01. The van der Waals surface area contributed by atoms with E-state index in [4.69, 9.17) is 0 Å². The molecule has 1 unspecified atom stereocenters. The minimum absolute atomic E-state index is 0.0450. The Kier molecular flexibility index (Phi) is 2.26. The van der Waals surface area contributed by atoms with Gasteiger partial charge in [0.05, 0.1) is 5.92 Å². The number of nitrogens with zero attached hydrogens (tertiary/aromatic N) is 1. The van der Waals surface area contributed by atoms with Gasteiger partial charge in [0, 0.05) is 19.9 Å². The van der Waals surface area contributed by atoms with Gasteiger partial charge in [-0.3, -0.25) is 14.5 Å². The number of amides is 2. The molecule has 0 aromatic rings. The molecule has 1 fully saturated rings. The Hall–Kier alpha value is -1.19. The van der Waals surface area contributed by atoms with Crippen LogP contribution in [0.5, 0.6) is 0 Å². The Labute approximate surface area is 70.5 Å². The molecule has 4 nitrogen and oxygen atoms in total. The van der Waals surface area contributed by atoms with Crippen molar-refractivity contribution in [3.05, 3.63) is 0 Å². The van der Waals surface area contributed by atoms with E-state index in [1.807, 2.05) is 0 Å². The van der Waals surface area contributed by atoms with E-state index in [0.29, 0.717) is 0 Å². The average Bonchev–Trinajstić information content (AvgIpc) is 2.17. The summed E-state index contributed by atoms with van der Waals surface area (Å²) in [5.41, 5.74) is 0. The van der Waals surface area contributed by atoms with Crippen LogP contribution in [-0.2, 0) is 14.4 Å². The van der Waals surface area contributed by atoms with Crippen molar-refractivity contribution in [2.24, 2.45) is 5.92 Å². The van der Waals surface area contributed by atoms with E-state index in [0.717, 1.165) is 4.90 Å². The molecule has 4 heteroatoms. The predicted octanol–water partition coefficient (Wildman–Crippen LogP) is -0.0296. The summed E-state index contributed by atoms with van der Waals surface area (Å²) in [6.07, 6.45) is 0.379. The van der Waals surface area contributed by atoms with Crippen molar-refractivity contribution < 1.29 is 14.4 Å². The minimum Gasteiger partial charge on any atom is -0.300 e. The fourth-order valence-electron chi connectivity index (χ4n) is 1.34. The van der Waals surface area contributed by atoms with Crippen molar-refractivity contribution in [1.29, 1.82) is 0 Å². The molecule has 0 bridgehead atoms. The second-order valence-electron chi connectivity index (χ2n) is 3.10. The topological polar surface area (TPSA) is 54.5 Å². The normalized spacial score (nSPS) is 23.5. The number of hydrogen-bond donors (Lipinski definition) is 0. The molecule has 1 saturated heterocycles. The van der Waals surface area contributed by atoms with E-state index >= 15 is 0 Å². The molecule has 2 amide bonds. The molecule has 12 heavy (non-hydrogen) atoms. The summed E-state index contributed by atoms with van der Waals surface area (Å²) in [7, 11) is 1.45. The van der Waals surface area contributed by atoms with Gasteiger partial charge in [0.1, 0.15) is 5.78 Å². The van der Waals surface area contributed by atoms with Crippen LogP contribution in [0, 0.1) is 5.92 Å². The quantitative estimate of drug-likeness (QED) is 0.545. The monoisotopic (exact) mass is 169 g/mol. The van der Waals surface area contributed by atoms with Crippen LogP contribution in [0.2, 0.25) is 0 Å². The van der Waals surface area contributed by atoms with E-state index in [2.05, 4.69) is 0 Å². The zero-order valence-electron chi connectivity index (χ0n) is 7.16. The molecule has 1 aliphatic heterocycles. The van der Waals surface area contributed by atoms with Gasteiger partial charge in [-0.2, -0.15) is 0 Å². The molecule has 0 radical (unpaired) electrons. The number of imide groups is 1. The standard InChI is InChI=1S/C8H11NO3/c1-5(10)3-6-4-7(11)9(2)8(6)12/h6H,3-4H2,1-2H3. The first kappa shape index (κ1) is 8.90. The summed E-state index contributed by atoms with van der Waals surface area (Å²) in [6.45, 7) is 1.43. The third kappa shape index (κ3) is 1.52. The number of rotatable bonds is 2. The number of Topliss-reactive ketones (excluding diaryl/α,β-unsaturated/α-hetero) is 1. The molecule has 1 aliphatic rings. The molecule has 0 saturated carbocycles. The molecule has 1 rings (SSSR count). The van der Waals surface area contributed by atoms with Crippen LogP contribution in [0.15, 0.2) is 0 Å². The highest BCUT2D eigenvalue weighted by atomic mass is 16.2. The van der Waals surface area contributed by atoms with Gasteiger partial charge in [0.15, 0.2) is 0 Å². The van der Waals surface area contributed by atoms with E-state index in [1.165, 1.54) is 14.0 Å². The van der Waals surface area contributed by atoms with Crippen LogP contribution >= 0.6 is 0 Å². The highest BCUT2D eigenvalue weighted by molar-refractivity contribution is 6.04. The van der Waals surface area contributed by atoms with Gasteiger partial charge in [-0.15, -0.1) is 0 Å². The van der Waals surface area contributed by atoms with Crippen molar-refractivity contribution in [3.63, 3.8) is 0 Å². The number of carbonyl (C=O) groups excluding carboxylic acids is 3. The van der Waals surface area contributed by atoms with E-state index in [9.17, 15) is 14.4 Å². The number of carbonyl (C=O) groups is 3. The van der Waals surface area contributed by atoms with Gasteiger partial charge in [-0.25, -0.2) is 0 Å². The highest BCUT2D eigenvalue weighted by Gasteiger charge is 2.36. The summed E-state index contributed by atoms with van der Waals surface area (Å²) in [5, 5.41) is 0. The first-order chi connectivity index (χ1) is 5.52. The molecular weight excluding hydrogens is 158 g/mol. The van der Waals surface area contributed by atoms with Crippen molar-refractivity contribution >= 4 is 17.6 Å². The fourth-order valence-corrected chi connectivity index (χ4v) is 1.34. The summed E-state index contributed by atoms with van der Waals surface area (Å²) in [4.78, 5) is 33.9. The lowest BCUT2D eigenvalue weighted by Crippen LogP contribution is -2.26. The molecule has 0 aromatic carbocycles. The summed E-state index contributed by atoms with van der Waals surface area (Å²) < 4.78 is 0. The molecule has 66 valence electrons. The first-order valence-corrected chi connectivity index (χ1v) is 3.82. The second-order valence-corrected chi connectivity index (χ2v) is 3.10. The molecule has 1 heterocycles. The summed E-state index contributed by atoms with van der Waals surface area (Å²) in [5.74, 6) is -0.863. The maximum atomic E-state index is 11.2. The van der Waals surface area contributed by atoms with Crippen molar-refractivity contribution in [2.45, 2.75) is 19.8 Å². The highest BCUT2D eigenvalue weighted by Crippen LogP contribution is 2.20. The molecular formula is C8H11NO3. The Morgan fingerprint density at radius 3 is 2.50 bits per heavy atom. The lowest BCUT2D eigenvalue weighted by atomic mass is 10.0. The lowest BCUT2D eigenvalue weighted by Gasteiger charge is -2.05. The van der Waals surface area contributed by atoms with Crippen LogP contribution in [0.3, 0.4) is 0 Å². The Morgan fingerprint density at radius 1 is 1.58 bits per heavy atom. The van der Waals surface area contributed by atoms with Crippen LogP contribution in [0.25, 0.3) is 0 Å². The summed E-state index contributed by atoms with van der Waals surface area (Å²) in [6, 6.07) is 0. The molecule has 0 N–H and O–H groups in total. The van der Waals surface area contributed by atoms with Crippen LogP contribution in [-0.4, -0.2) is 29.5 Å². The van der Waals surface area contributed by atoms with Gasteiger partial charge < -0.3 is 4.79 Å². The Morgan fingerprint density at radius 2 is 2.17 bits per heavy atom. The number of hydrogen-bond acceptors (Lipinski definition) is 3. The van der Waals surface area contributed by atoms with Crippen LogP contribution < -0.4 is 0 Å². The SMILES string of the molecule is CC(=O)CC1CC(=O)N(C)C1=O. The van der Waals surface area contributed by atoms with E-state index in [1.54, 1.807) is 0 Å². The second kappa shape index (κ2) is 3.05. The third-order valence-corrected chi connectivity index (χ3v) is 2.01. The lowest BCUT2D eigenvalue weighted by molar-refractivity contribution is -0.138. The molecule has 0 spiro atoms. The largest absolute Gasteiger partial charge is 0.300 e. The molecule has 0 aromatic heterocycles. The zero-order valence-corrected chi connectivity index (χ0v) is 7.16. The Bertz CT molecular complexity index is 245. The van der Waals surface area contributed by atoms with Crippen molar-refractivity contribution in [1.82, 2.24) is 4.90 Å². The van der Waals surface area contributed by atoms with Crippen molar-refractivity contribution in [3.8, 4) is 0 Å². The van der Waals surface area contributed by atoms with Crippen LogP contribution in [0.4, 0.5) is 0 Å². The maximum Gasteiger partial charge on any atom is 0.232 e. The van der Waals surface area contributed by atoms with Gasteiger partial charge in [0.2, 0.25) is 11.8 Å². The van der Waals surface area contributed by atoms with Crippen molar-refractivity contribution in [2.75, 3.05) is 7.05 Å². The number of likely N-dealkylation sites (tertiary alicyclic amines) is 1. The molecule has 1 atom stereocenters. The van der Waals surface area contributed by atoms with Crippen LogP contribution in [0.1, 0.15) is 19.8 Å². The first-order valence-electron chi connectivity index (χ1n) is 3.82. The van der Waals surface area contributed by atoms with Gasteiger partial charge in [0.25, 0.3) is 0 Å². The number of ketones is 1. The van der Waals surface area contributed by atoms with E-state index < -0.39 is 5.92 Å². The zero-order chi connectivity index (χ0) is 9.30. The van der Waals surface area contributed by atoms with Gasteiger partial charge >= 0.3 is 0 Å². The average molecular weight is 169 g/mol. The van der Waals surface area contributed by atoms with E-state index in [-0.39, 0.29) is 30.4 Å². The minimum atomic E-state index is -0.403. The Balaban J connectivity index is 2.65. The summed E-state index contributed by atoms with van der Waals surface area (Å²) >= 11 is 0. The smallest absolute Gasteiger partial charge is 0.232 e.